The molecule has 5 nitrogen and oxygen atoms in total. The van der Waals surface area contributed by atoms with Crippen LogP contribution in [0.1, 0.15) is 38.8 Å². The molecule has 3 rings (SSSR count). The molecule has 5 heteroatoms. The highest BCUT2D eigenvalue weighted by Crippen LogP contribution is 2.39. The number of nitrogens with one attached hydrogen (secondary N) is 1. The van der Waals surface area contributed by atoms with Crippen LogP contribution in [0, 0.1) is 0 Å². The van der Waals surface area contributed by atoms with Crippen molar-refractivity contribution in [3.63, 3.8) is 0 Å². The van der Waals surface area contributed by atoms with Gasteiger partial charge < -0.3 is 19.5 Å². The molecule has 0 aliphatic carbocycles. The lowest BCUT2D eigenvalue weighted by Gasteiger charge is -2.38. The lowest BCUT2D eigenvalue weighted by molar-refractivity contribution is -0.128. The van der Waals surface area contributed by atoms with Gasteiger partial charge in [-0.25, -0.2) is 0 Å². The Morgan fingerprint density at radius 2 is 1.81 bits per heavy atom. The molecule has 0 radical (unpaired) electrons. The second-order valence-electron chi connectivity index (χ2n) is 7.08. The summed E-state index contributed by atoms with van der Waals surface area (Å²) < 4.78 is 17.1. The summed E-state index contributed by atoms with van der Waals surface area (Å²) in [5, 5.41) is 3.10. The van der Waals surface area contributed by atoms with Crippen LogP contribution in [-0.4, -0.2) is 24.7 Å². The van der Waals surface area contributed by atoms with E-state index in [1.165, 1.54) is 0 Å². The molecule has 1 N–H and O–H groups in total. The molecule has 1 amide bonds. The van der Waals surface area contributed by atoms with Crippen molar-refractivity contribution in [1.82, 2.24) is 5.32 Å². The van der Waals surface area contributed by atoms with Gasteiger partial charge in [-0.15, -0.1) is 0 Å². The summed E-state index contributed by atoms with van der Waals surface area (Å²) in [4.78, 5) is 12.7. The maximum Gasteiger partial charge on any atom is 0.261 e. The zero-order valence-corrected chi connectivity index (χ0v) is 15.6. The molecule has 2 atom stereocenters. The van der Waals surface area contributed by atoms with Crippen LogP contribution in [0.4, 0.5) is 0 Å². The van der Waals surface area contributed by atoms with Gasteiger partial charge in [0.25, 0.3) is 5.91 Å². The van der Waals surface area contributed by atoms with Crippen LogP contribution in [0.5, 0.6) is 17.2 Å². The van der Waals surface area contributed by atoms with Crippen molar-refractivity contribution in [2.75, 3.05) is 7.11 Å². The van der Waals surface area contributed by atoms with E-state index in [1.807, 2.05) is 50.2 Å². The van der Waals surface area contributed by atoms with Gasteiger partial charge in [0.1, 0.15) is 11.4 Å². The van der Waals surface area contributed by atoms with Gasteiger partial charge in [0.15, 0.2) is 17.6 Å². The van der Waals surface area contributed by atoms with E-state index in [-0.39, 0.29) is 17.6 Å². The highest BCUT2D eigenvalue weighted by atomic mass is 16.5. The third kappa shape index (κ3) is 3.93. The number of fused-ring (bicyclic) bond motifs is 1. The van der Waals surface area contributed by atoms with Crippen LogP contribution in [-0.2, 0) is 4.79 Å². The topological polar surface area (TPSA) is 56.8 Å². The number of para-hydroxylation sites is 3. The number of rotatable bonds is 5. The number of amides is 1. The first-order valence-electron chi connectivity index (χ1n) is 8.77. The Morgan fingerprint density at radius 3 is 2.54 bits per heavy atom. The van der Waals surface area contributed by atoms with Crippen LogP contribution < -0.4 is 19.5 Å². The van der Waals surface area contributed by atoms with E-state index < -0.39 is 6.10 Å². The summed E-state index contributed by atoms with van der Waals surface area (Å²) >= 11 is 0. The third-order valence-corrected chi connectivity index (χ3v) is 4.43. The molecule has 0 spiro atoms. The first-order valence-corrected chi connectivity index (χ1v) is 8.77. The van der Waals surface area contributed by atoms with Crippen molar-refractivity contribution in [2.24, 2.45) is 0 Å². The fraction of sp³-hybridized carbons (Fsp3) is 0.381. The Labute approximate surface area is 154 Å². The maximum absolute atomic E-state index is 12.7. The van der Waals surface area contributed by atoms with Gasteiger partial charge in [-0.1, -0.05) is 30.3 Å². The molecule has 0 saturated heterocycles. The van der Waals surface area contributed by atoms with Gasteiger partial charge in [0.2, 0.25) is 0 Å². The number of ether oxygens (including phenoxy) is 3. The predicted octanol–water partition coefficient (Wildman–Crippen LogP) is 3.88. The van der Waals surface area contributed by atoms with E-state index in [0.29, 0.717) is 17.9 Å². The van der Waals surface area contributed by atoms with Crippen LogP contribution >= 0.6 is 0 Å². The average molecular weight is 355 g/mol. The smallest absolute Gasteiger partial charge is 0.261 e. The van der Waals surface area contributed by atoms with Crippen LogP contribution in [0.3, 0.4) is 0 Å². The minimum Gasteiger partial charge on any atom is -0.493 e. The van der Waals surface area contributed by atoms with Crippen molar-refractivity contribution in [2.45, 2.75) is 44.9 Å². The molecule has 1 aliphatic heterocycles. The number of hydrogen-bond donors (Lipinski definition) is 1. The monoisotopic (exact) mass is 355 g/mol. The normalized spacial score (nSPS) is 18.8. The van der Waals surface area contributed by atoms with Crippen LogP contribution in [0.15, 0.2) is 48.5 Å². The first kappa shape index (κ1) is 18.1. The number of methoxy groups -OCH3 is 1. The molecule has 0 unspecified atom stereocenters. The molecule has 138 valence electrons. The second-order valence-corrected chi connectivity index (χ2v) is 7.08. The van der Waals surface area contributed by atoms with Crippen molar-refractivity contribution < 1.29 is 19.0 Å². The molecule has 26 heavy (non-hydrogen) atoms. The molecule has 2 aromatic carbocycles. The van der Waals surface area contributed by atoms with Crippen molar-refractivity contribution in [3.8, 4) is 17.2 Å². The largest absolute Gasteiger partial charge is 0.493 e. The van der Waals surface area contributed by atoms with Gasteiger partial charge >= 0.3 is 0 Å². The Kier molecular flexibility index (Phi) is 5.07. The zero-order chi connectivity index (χ0) is 18.7. The van der Waals surface area contributed by atoms with Gasteiger partial charge in [-0.3, -0.25) is 4.79 Å². The molecule has 2 aromatic rings. The Balaban J connectivity index is 1.73. The standard InChI is InChI=1S/C21H25NO4/c1-14(25-19-12-8-7-11-18(19)24-4)20(23)22-16-13-21(2,3)26-17-10-6-5-9-15(16)17/h5-12,14,16H,13H2,1-4H3,(H,22,23)/t14-,16-/m0/s1. The van der Waals surface area contributed by atoms with Gasteiger partial charge in [0, 0.05) is 12.0 Å². The fourth-order valence-electron chi connectivity index (χ4n) is 3.18. The third-order valence-electron chi connectivity index (χ3n) is 4.43. The molecule has 0 aromatic heterocycles. The highest BCUT2D eigenvalue weighted by Gasteiger charge is 2.35. The minimum atomic E-state index is -0.649. The summed E-state index contributed by atoms with van der Waals surface area (Å²) in [7, 11) is 1.58. The molecular formula is C21H25NO4. The van der Waals surface area contributed by atoms with Gasteiger partial charge in [-0.05, 0) is 39.0 Å². The lowest BCUT2D eigenvalue weighted by atomic mass is 9.89. The molecule has 0 saturated carbocycles. The van der Waals surface area contributed by atoms with Crippen LogP contribution in [0.25, 0.3) is 0 Å². The highest BCUT2D eigenvalue weighted by molar-refractivity contribution is 5.81. The molecule has 1 heterocycles. The minimum absolute atomic E-state index is 0.119. The van der Waals surface area contributed by atoms with Crippen LogP contribution in [0.2, 0.25) is 0 Å². The number of hydrogen-bond acceptors (Lipinski definition) is 4. The molecule has 0 bridgehead atoms. The Bertz CT molecular complexity index is 787. The van der Waals surface area contributed by atoms with Crippen molar-refractivity contribution in [1.29, 1.82) is 0 Å². The fourth-order valence-corrected chi connectivity index (χ4v) is 3.18. The number of benzene rings is 2. The van der Waals surface area contributed by atoms with Gasteiger partial charge in [0.05, 0.1) is 13.2 Å². The molecule has 1 aliphatic rings. The number of carbonyl (C=O) groups excluding carboxylic acids is 1. The quantitative estimate of drug-likeness (QED) is 0.884. The summed E-state index contributed by atoms with van der Waals surface area (Å²) in [6, 6.07) is 15.0. The van der Waals surface area contributed by atoms with E-state index in [0.717, 1.165) is 11.3 Å². The summed E-state index contributed by atoms with van der Waals surface area (Å²) in [6.07, 6.45) is 0.0429. The van der Waals surface area contributed by atoms with E-state index in [9.17, 15) is 4.79 Å². The van der Waals surface area contributed by atoms with E-state index in [4.69, 9.17) is 14.2 Å². The summed E-state index contributed by atoms with van der Waals surface area (Å²) in [6.45, 7) is 5.78. The van der Waals surface area contributed by atoms with Gasteiger partial charge in [-0.2, -0.15) is 0 Å². The van der Waals surface area contributed by atoms with Crippen molar-refractivity contribution >= 4 is 5.91 Å². The predicted molar refractivity (Wildman–Crippen MR) is 99.7 cm³/mol. The zero-order valence-electron chi connectivity index (χ0n) is 15.6. The molecular weight excluding hydrogens is 330 g/mol. The average Bonchev–Trinajstić information content (AvgIpc) is 2.61. The van der Waals surface area contributed by atoms with E-state index in [1.54, 1.807) is 26.2 Å². The maximum atomic E-state index is 12.7. The summed E-state index contributed by atoms with van der Waals surface area (Å²) in [5.41, 5.74) is 0.642. The Morgan fingerprint density at radius 1 is 1.15 bits per heavy atom. The number of carbonyl (C=O) groups is 1. The van der Waals surface area contributed by atoms with Crippen molar-refractivity contribution in [3.05, 3.63) is 54.1 Å². The SMILES string of the molecule is COc1ccccc1O[C@@H](C)C(=O)N[C@H]1CC(C)(C)Oc2ccccc21. The van der Waals surface area contributed by atoms with E-state index >= 15 is 0 Å². The van der Waals surface area contributed by atoms with E-state index in [2.05, 4.69) is 5.32 Å². The second kappa shape index (κ2) is 7.28. The first-order chi connectivity index (χ1) is 12.4. The molecule has 0 fully saturated rings. The Hall–Kier alpha value is -2.69. The lowest BCUT2D eigenvalue weighted by Crippen LogP contribution is -2.44. The summed E-state index contributed by atoms with van der Waals surface area (Å²) in [5.74, 6) is 1.79.